The fourth-order valence-electron chi connectivity index (χ4n) is 1.47. The van der Waals surface area contributed by atoms with Crippen molar-refractivity contribution >= 4 is 39.0 Å². The minimum Gasteiger partial charge on any atom is -0.263 e. The summed E-state index contributed by atoms with van der Waals surface area (Å²) < 4.78 is 39.9. The van der Waals surface area contributed by atoms with Gasteiger partial charge in [-0.25, -0.2) is 17.8 Å². The van der Waals surface area contributed by atoms with Crippen LogP contribution in [0.2, 0.25) is 10.4 Å². The summed E-state index contributed by atoms with van der Waals surface area (Å²) in [4.78, 5) is 6.67. The summed E-state index contributed by atoms with van der Waals surface area (Å²) in [5, 5.41) is 8.53. The smallest absolute Gasteiger partial charge is 0.263 e. The first-order valence-electron chi connectivity index (χ1n) is 5.25. The molecule has 0 aliphatic heterocycles. The highest BCUT2D eigenvalue weighted by Gasteiger charge is 2.22. The van der Waals surface area contributed by atoms with E-state index in [0.717, 1.165) is 18.2 Å². The fourth-order valence-corrected chi connectivity index (χ4v) is 3.04. The molecule has 0 aliphatic rings. The van der Waals surface area contributed by atoms with Gasteiger partial charge in [0.05, 0.1) is 0 Å². The largest absolute Gasteiger partial charge is 0.264 e. The zero-order chi connectivity index (χ0) is 15.6. The molecule has 1 aromatic heterocycles. The van der Waals surface area contributed by atoms with Gasteiger partial charge in [-0.15, -0.1) is 0 Å². The number of hydrogen-bond donors (Lipinski definition) is 1. The second kappa shape index (κ2) is 5.81. The number of aromatic nitrogens is 2. The standard InChI is InChI=1S/C11H5Cl2FN4O2S/c12-9-4-10(17-11(13)16-9)18-21(19,20)8-3-1-2-7(14)6(8)5-15/h1-4H,(H,16,17,18). The van der Waals surface area contributed by atoms with Crippen LogP contribution < -0.4 is 4.72 Å². The highest BCUT2D eigenvalue weighted by molar-refractivity contribution is 7.92. The number of halogens is 3. The van der Waals surface area contributed by atoms with Crippen molar-refractivity contribution in [2.45, 2.75) is 4.90 Å². The number of nitrogens with zero attached hydrogens (tertiary/aromatic N) is 3. The summed E-state index contributed by atoms with van der Waals surface area (Å²) >= 11 is 11.2. The van der Waals surface area contributed by atoms with E-state index in [9.17, 15) is 12.8 Å². The minimum absolute atomic E-state index is 0.0764. The van der Waals surface area contributed by atoms with Crippen LogP contribution in [0.4, 0.5) is 10.2 Å². The summed E-state index contributed by atoms with van der Waals surface area (Å²) in [6.45, 7) is 0. The van der Waals surface area contributed by atoms with Crippen molar-refractivity contribution in [3.05, 3.63) is 46.1 Å². The molecule has 1 N–H and O–H groups in total. The van der Waals surface area contributed by atoms with E-state index in [1.54, 1.807) is 0 Å². The van der Waals surface area contributed by atoms with E-state index in [4.69, 9.17) is 28.5 Å². The van der Waals surface area contributed by atoms with Crippen LogP contribution in [-0.2, 0) is 10.0 Å². The first-order chi connectivity index (χ1) is 9.83. The first-order valence-corrected chi connectivity index (χ1v) is 7.49. The molecule has 0 unspecified atom stereocenters. The maximum absolute atomic E-state index is 13.5. The van der Waals surface area contributed by atoms with Gasteiger partial charge in [0.25, 0.3) is 10.0 Å². The molecule has 1 heterocycles. The van der Waals surface area contributed by atoms with Gasteiger partial charge in [0, 0.05) is 6.07 Å². The number of anilines is 1. The molecule has 0 aliphatic carbocycles. The number of nitrogens with one attached hydrogen (secondary N) is 1. The molecule has 0 fully saturated rings. The molecule has 0 bridgehead atoms. The molecule has 108 valence electrons. The maximum Gasteiger partial charge on any atom is 0.264 e. The molecule has 0 saturated heterocycles. The van der Waals surface area contributed by atoms with E-state index in [0.29, 0.717) is 0 Å². The molecule has 0 saturated carbocycles. The Morgan fingerprint density at radius 2 is 2.00 bits per heavy atom. The number of benzene rings is 1. The van der Waals surface area contributed by atoms with Gasteiger partial charge in [0.1, 0.15) is 33.3 Å². The Balaban J connectivity index is 2.49. The van der Waals surface area contributed by atoms with Gasteiger partial charge in [0.15, 0.2) is 0 Å². The predicted molar refractivity (Wildman–Crippen MR) is 74.0 cm³/mol. The van der Waals surface area contributed by atoms with Crippen molar-refractivity contribution in [2.24, 2.45) is 0 Å². The summed E-state index contributed by atoms with van der Waals surface area (Å²) in [5.74, 6) is -1.15. The third kappa shape index (κ3) is 3.39. The second-order valence-corrected chi connectivity index (χ2v) is 6.05. The second-order valence-electron chi connectivity index (χ2n) is 3.68. The van der Waals surface area contributed by atoms with Gasteiger partial charge < -0.3 is 0 Å². The highest BCUT2D eigenvalue weighted by Crippen LogP contribution is 2.22. The topological polar surface area (TPSA) is 95.7 Å². The van der Waals surface area contributed by atoms with Gasteiger partial charge in [-0.2, -0.15) is 10.2 Å². The molecular weight excluding hydrogens is 342 g/mol. The zero-order valence-corrected chi connectivity index (χ0v) is 12.3. The zero-order valence-electron chi connectivity index (χ0n) is 10.0. The van der Waals surface area contributed by atoms with Crippen LogP contribution in [0.1, 0.15) is 5.56 Å². The summed E-state index contributed by atoms with van der Waals surface area (Å²) in [7, 11) is -4.23. The fraction of sp³-hybridized carbons (Fsp3) is 0. The Morgan fingerprint density at radius 1 is 1.29 bits per heavy atom. The predicted octanol–water partition coefficient (Wildman–Crippen LogP) is 2.59. The molecule has 21 heavy (non-hydrogen) atoms. The molecule has 6 nitrogen and oxygen atoms in total. The average Bonchev–Trinajstić information content (AvgIpc) is 2.36. The van der Waals surface area contributed by atoms with Crippen LogP contribution in [0.5, 0.6) is 0 Å². The van der Waals surface area contributed by atoms with E-state index in [2.05, 4.69) is 14.7 Å². The van der Waals surface area contributed by atoms with E-state index < -0.39 is 26.3 Å². The Labute approximate surface area is 129 Å². The van der Waals surface area contributed by atoms with Crippen molar-refractivity contribution in [3.8, 4) is 6.07 Å². The number of rotatable bonds is 3. The molecule has 0 spiro atoms. The third-order valence-electron chi connectivity index (χ3n) is 2.28. The Morgan fingerprint density at radius 3 is 2.62 bits per heavy atom. The number of hydrogen-bond acceptors (Lipinski definition) is 5. The van der Waals surface area contributed by atoms with Gasteiger partial charge in [-0.05, 0) is 23.7 Å². The lowest BCUT2D eigenvalue weighted by molar-refractivity contribution is 0.593. The Kier molecular flexibility index (Phi) is 4.27. The molecule has 0 radical (unpaired) electrons. The molecule has 10 heteroatoms. The number of sulfonamides is 1. The van der Waals surface area contributed by atoms with Crippen LogP contribution in [0.15, 0.2) is 29.2 Å². The van der Waals surface area contributed by atoms with Crippen LogP contribution in [-0.4, -0.2) is 18.4 Å². The van der Waals surface area contributed by atoms with Gasteiger partial charge >= 0.3 is 0 Å². The molecule has 2 aromatic rings. The van der Waals surface area contributed by atoms with Crippen molar-refractivity contribution < 1.29 is 12.8 Å². The van der Waals surface area contributed by atoms with Crippen molar-refractivity contribution in [1.82, 2.24) is 9.97 Å². The summed E-state index contributed by atoms with van der Waals surface area (Å²) in [5.41, 5.74) is -0.601. The van der Waals surface area contributed by atoms with E-state index in [-0.39, 0.29) is 16.3 Å². The third-order valence-corrected chi connectivity index (χ3v) is 4.04. The van der Waals surface area contributed by atoms with Gasteiger partial charge in [-0.3, -0.25) is 4.72 Å². The molecule has 1 aromatic carbocycles. The highest BCUT2D eigenvalue weighted by atomic mass is 35.5. The van der Waals surface area contributed by atoms with Crippen LogP contribution in [0.25, 0.3) is 0 Å². The van der Waals surface area contributed by atoms with Crippen LogP contribution >= 0.6 is 23.2 Å². The first kappa shape index (κ1) is 15.4. The average molecular weight is 347 g/mol. The Hall–Kier alpha value is -1.95. The van der Waals surface area contributed by atoms with E-state index >= 15 is 0 Å². The molecule has 0 amide bonds. The normalized spacial score (nSPS) is 11.0. The summed E-state index contributed by atoms with van der Waals surface area (Å²) in [6, 6.07) is 5.87. The monoisotopic (exact) mass is 346 g/mol. The Bertz CT molecular complexity index is 832. The van der Waals surface area contributed by atoms with Crippen molar-refractivity contribution in [3.63, 3.8) is 0 Å². The molecule has 2 rings (SSSR count). The maximum atomic E-state index is 13.5. The lowest BCUT2D eigenvalue weighted by atomic mass is 10.2. The quantitative estimate of drug-likeness (QED) is 0.680. The van der Waals surface area contributed by atoms with Gasteiger partial charge in [-0.1, -0.05) is 17.7 Å². The van der Waals surface area contributed by atoms with Gasteiger partial charge in [0.2, 0.25) is 5.28 Å². The van der Waals surface area contributed by atoms with E-state index in [1.165, 1.54) is 12.1 Å². The lowest BCUT2D eigenvalue weighted by Gasteiger charge is -2.09. The number of nitriles is 1. The minimum atomic E-state index is -4.23. The van der Waals surface area contributed by atoms with Crippen LogP contribution in [0, 0.1) is 17.1 Å². The lowest BCUT2D eigenvalue weighted by Crippen LogP contribution is -2.16. The van der Waals surface area contributed by atoms with Crippen molar-refractivity contribution in [2.75, 3.05) is 4.72 Å². The van der Waals surface area contributed by atoms with Crippen molar-refractivity contribution in [1.29, 1.82) is 5.26 Å². The SMILES string of the molecule is N#Cc1c(F)cccc1S(=O)(=O)Nc1cc(Cl)nc(Cl)n1. The van der Waals surface area contributed by atoms with Crippen LogP contribution in [0.3, 0.4) is 0 Å². The molecular formula is C11H5Cl2FN4O2S. The van der Waals surface area contributed by atoms with E-state index in [1.807, 2.05) is 0 Å². The molecule has 0 atom stereocenters. The summed E-state index contributed by atoms with van der Waals surface area (Å²) in [6.07, 6.45) is 0.